The molecule has 0 aliphatic carbocycles. The molecule has 1 rings (SSSR count). The summed E-state index contributed by atoms with van der Waals surface area (Å²) in [6, 6.07) is 7.34. The molecular formula is C16H22O4. The predicted octanol–water partition coefficient (Wildman–Crippen LogP) is 3.27. The van der Waals surface area contributed by atoms with Crippen molar-refractivity contribution in [3.63, 3.8) is 0 Å². The van der Waals surface area contributed by atoms with Crippen molar-refractivity contribution < 1.29 is 19.0 Å². The number of ether oxygens (including phenoxy) is 3. The second kappa shape index (κ2) is 8.25. The zero-order chi connectivity index (χ0) is 15.0. The first-order valence-electron chi connectivity index (χ1n) is 6.63. The third kappa shape index (κ3) is 5.34. The van der Waals surface area contributed by atoms with Crippen molar-refractivity contribution in [2.45, 2.75) is 20.3 Å². The lowest BCUT2D eigenvalue weighted by Crippen LogP contribution is -2.11. The molecule has 0 aliphatic rings. The van der Waals surface area contributed by atoms with Crippen LogP contribution in [0.3, 0.4) is 0 Å². The second-order valence-corrected chi connectivity index (χ2v) is 4.80. The zero-order valence-electron chi connectivity index (χ0n) is 12.5. The Labute approximate surface area is 120 Å². The van der Waals surface area contributed by atoms with Gasteiger partial charge in [-0.25, -0.2) is 4.79 Å². The third-order valence-corrected chi connectivity index (χ3v) is 2.76. The van der Waals surface area contributed by atoms with Crippen molar-refractivity contribution in [1.29, 1.82) is 0 Å². The molecule has 0 saturated carbocycles. The summed E-state index contributed by atoms with van der Waals surface area (Å²) in [7, 11) is 3.07. The summed E-state index contributed by atoms with van der Waals surface area (Å²) in [5.41, 5.74) is 0.850. The molecule has 4 nitrogen and oxygen atoms in total. The Morgan fingerprint density at radius 2 is 1.85 bits per heavy atom. The fourth-order valence-corrected chi connectivity index (χ4v) is 1.51. The monoisotopic (exact) mass is 278 g/mol. The minimum absolute atomic E-state index is 0.193. The van der Waals surface area contributed by atoms with Gasteiger partial charge in [-0.2, -0.15) is 0 Å². The minimum Gasteiger partial charge on any atom is -0.497 e. The Morgan fingerprint density at radius 3 is 2.35 bits per heavy atom. The number of benzene rings is 1. The fraction of sp³-hybridized carbons (Fsp3) is 0.438. The summed E-state index contributed by atoms with van der Waals surface area (Å²) in [6.45, 7) is 4.57. The van der Waals surface area contributed by atoms with E-state index in [0.29, 0.717) is 12.5 Å². The molecule has 0 fully saturated rings. The van der Waals surface area contributed by atoms with Crippen LogP contribution >= 0.6 is 0 Å². The molecular weight excluding hydrogens is 256 g/mol. The molecule has 0 radical (unpaired) electrons. The van der Waals surface area contributed by atoms with Gasteiger partial charge in [0.25, 0.3) is 0 Å². The average molecular weight is 278 g/mol. The summed E-state index contributed by atoms with van der Waals surface area (Å²) in [5, 5.41) is 0. The maximum absolute atomic E-state index is 11.8. The van der Waals surface area contributed by atoms with Crippen LogP contribution in [0.2, 0.25) is 0 Å². The van der Waals surface area contributed by atoms with E-state index in [4.69, 9.17) is 14.2 Å². The minimum atomic E-state index is -0.441. The van der Waals surface area contributed by atoms with Gasteiger partial charge in [0.1, 0.15) is 5.75 Å². The maximum Gasteiger partial charge on any atom is 0.373 e. The van der Waals surface area contributed by atoms with E-state index in [9.17, 15) is 4.79 Å². The predicted molar refractivity (Wildman–Crippen MR) is 78.4 cm³/mol. The maximum atomic E-state index is 11.8. The molecule has 1 aromatic carbocycles. The van der Waals surface area contributed by atoms with Crippen molar-refractivity contribution in [1.82, 2.24) is 0 Å². The lowest BCUT2D eigenvalue weighted by atomic mass is 10.1. The molecule has 4 heteroatoms. The lowest BCUT2D eigenvalue weighted by Gasteiger charge is -2.09. The first kappa shape index (κ1) is 16.1. The normalized spacial score (nSPS) is 11.3. The Bertz CT molecular complexity index is 446. The number of methoxy groups -OCH3 is 2. The average Bonchev–Trinajstić information content (AvgIpc) is 2.44. The molecule has 0 bridgehead atoms. The Morgan fingerprint density at radius 1 is 1.20 bits per heavy atom. The standard InChI is InChI=1S/C16H22O4/c1-12(2)9-10-20-16(17)15(19-4)11-13-5-7-14(18-3)8-6-13/h5-8,11-12H,9-10H2,1-4H3. The van der Waals surface area contributed by atoms with Gasteiger partial charge in [-0.3, -0.25) is 0 Å². The largest absolute Gasteiger partial charge is 0.497 e. The highest BCUT2D eigenvalue weighted by Gasteiger charge is 2.11. The number of rotatable bonds is 7. The molecule has 0 N–H and O–H groups in total. The van der Waals surface area contributed by atoms with E-state index in [-0.39, 0.29) is 5.76 Å². The van der Waals surface area contributed by atoms with Crippen LogP contribution in [0, 0.1) is 5.92 Å². The molecule has 20 heavy (non-hydrogen) atoms. The third-order valence-electron chi connectivity index (χ3n) is 2.76. The molecule has 1 aromatic rings. The van der Waals surface area contributed by atoms with Gasteiger partial charge in [-0.05, 0) is 36.1 Å². The summed E-state index contributed by atoms with van der Waals surface area (Å²) in [5.74, 6) is 1.02. The summed E-state index contributed by atoms with van der Waals surface area (Å²) < 4.78 is 15.3. The smallest absolute Gasteiger partial charge is 0.373 e. The van der Waals surface area contributed by atoms with Crippen LogP contribution < -0.4 is 4.74 Å². The number of hydrogen-bond donors (Lipinski definition) is 0. The van der Waals surface area contributed by atoms with Crippen molar-refractivity contribution in [3.8, 4) is 5.75 Å². The topological polar surface area (TPSA) is 44.8 Å². The molecule has 0 aliphatic heterocycles. The van der Waals surface area contributed by atoms with Crippen LogP contribution in [0.4, 0.5) is 0 Å². The van der Waals surface area contributed by atoms with Crippen LogP contribution in [0.1, 0.15) is 25.8 Å². The molecule has 0 spiro atoms. The first-order valence-corrected chi connectivity index (χ1v) is 6.63. The summed E-state index contributed by atoms with van der Waals surface area (Å²) in [4.78, 5) is 11.8. The van der Waals surface area contributed by atoms with Gasteiger partial charge in [0.15, 0.2) is 0 Å². The van der Waals surface area contributed by atoms with E-state index < -0.39 is 5.97 Å². The van der Waals surface area contributed by atoms with Crippen LogP contribution in [-0.2, 0) is 14.3 Å². The van der Waals surface area contributed by atoms with Crippen molar-refractivity contribution in [3.05, 3.63) is 35.6 Å². The molecule has 0 saturated heterocycles. The highest BCUT2D eigenvalue weighted by Crippen LogP contribution is 2.15. The first-order chi connectivity index (χ1) is 9.56. The summed E-state index contributed by atoms with van der Waals surface area (Å²) >= 11 is 0. The Hall–Kier alpha value is -1.97. The van der Waals surface area contributed by atoms with Crippen LogP contribution in [0.15, 0.2) is 30.0 Å². The van der Waals surface area contributed by atoms with E-state index in [0.717, 1.165) is 17.7 Å². The quantitative estimate of drug-likeness (QED) is 0.436. The molecule has 0 unspecified atom stereocenters. The number of carbonyl (C=O) groups excluding carboxylic acids is 1. The molecule has 0 atom stereocenters. The van der Waals surface area contributed by atoms with Gasteiger partial charge in [-0.1, -0.05) is 26.0 Å². The molecule has 0 aromatic heterocycles. The van der Waals surface area contributed by atoms with Gasteiger partial charge in [0.05, 0.1) is 20.8 Å². The number of esters is 1. The Kier molecular flexibility index (Phi) is 6.64. The fourth-order valence-electron chi connectivity index (χ4n) is 1.51. The van der Waals surface area contributed by atoms with E-state index in [1.165, 1.54) is 7.11 Å². The van der Waals surface area contributed by atoms with Crippen LogP contribution in [0.5, 0.6) is 5.75 Å². The van der Waals surface area contributed by atoms with Gasteiger partial charge in [-0.15, -0.1) is 0 Å². The number of carbonyl (C=O) groups is 1. The van der Waals surface area contributed by atoms with Crippen LogP contribution in [0.25, 0.3) is 6.08 Å². The summed E-state index contributed by atoms with van der Waals surface area (Å²) in [6.07, 6.45) is 2.49. The van der Waals surface area contributed by atoms with Gasteiger partial charge >= 0.3 is 5.97 Å². The zero-order valence-corrected chi connectivity index (χ0v) is 12.5. The lowest BCUT2D eigenvalue weighted by molar-refractivity contribution is -0.142. The van der Waals surface area contributed by atoms with Crippen molar-refractivity contribution in [2.75, 3.05) is 20.8 Å². The van der Waals surface area contributed by atoms with E-state index in [2.05, 4.69) is 13.8 Å². The van der Waals surface area contributed by atoms with Gasteiger partial charge in [0, 0.05) is 0 Å². The van der Waals surface area contributed by atoms with E-state index in [1.807, 2.05) is 24.3 Å². The highest BCUT2D eigenvalue weighted by molar-refractivity contribution is 5.91. The SMILES string of the molecule is COC(=Cc1ccc(OC)cc1)C(=O)OCCC(C)C. The van der Waals surface area contributed by atoms with Crippen molar-refractivity contribution >= 4 is 12.0 Å². The highest BCUT2D eigenvalue weighted by atomic mass is 16.6. The molecule has 0 heterocycles. The molecule has 110 valence electrons. The molecule has 0 amide bonds. The van der Waals surface area contributed by atoms with Gasteiger partial charge in [0.2, 0.25) is 5.76 Å². The van der Waals surface area contributed by atoms with Gasteiger partial charge < -0.3 is 14.2 Å². The van der Waals surface area contributed by atoms with Crippen LogP contribution in [-0.4, -0.2) is 26.8 Å². The van der Waals surface area contributed by atoms with E-state index >= 15 is 0 Å². The number of hydrogen-bond acceptors (Lipinski definition) is 4. The van der Waals surface area contributed by atoms with E-state index in [1.54, 1.807) is 13.2 Å². The second-order valence-electron chi connectivity index (χ2n) is 4.80. The Balaban J connectivity index is 2.67. The van der Waals surface area contributed by atoms with Crippen molar-refractivity contribution in [2.24, 2.45) is 5.92 Å².